The van der Waals surface area contributed by atoms with Gasteiger partial charge in [-0.15, -0.1) is 0 Å². The van der Waals surface area contributed by atoms with Crippen LogP contribution in [0.4, 0.5) is 0 Å². The zero-order valence-corrected chi connectivity index (χ0v) is 10.4. The van der Waals surface area contributed by atoms with E-state index in [-0.39, 0.29) is 0 Å². The maximum absolute atomic E-state index is 6.02. The van der Waals surface area contributed by atoms with E-state index in [0.717, 1.165) is 25.3 Å². The van der Waals surface area contributed by atoms with Crippen LogP contribution >= 0.6 is 0 Å². The second kappa shape index (κ2) is 5.09. The fourth-order valence-electron chi connectivity index (χ4n) is 2.88. The van der Waals surface area contributed by atoms with Gasteiger partial charge in [-0.1, -0.05) is 12.5 Å². The fourth-order valence-corrected chi connectivity index (χ4v) is 2.88. The van der Waals surface area contributed by atoms with E-state index in [0.29, 0.717) is 6.10 Å². The summed E-state index contributed by atoms with van der Waals surface area (Å²) in [6, 6.07) is 6.71. The lowest BCUT2D eigenvalue weighted by Gasteiger charge is -2.14. The van der Waals surface area contributed by atoms with Gasteiger partial charge in [0.2, 0.25) is 0 Å². The molecule has 1 fully saturated rings. The van der Waals surface area contributed by atoms with Gasteiger partial charge in [0.05, 0.1) is 0 Å². The molecular formula is C15H21NO. The molecule has 1 atom stereocenters. The van der Waals surface area contributed by atoms with Crippen molar-refractivity contribution in [2.75, 3.05) is 13.1 Å². The van der Waals surface area contributed by atoms with E-state index in [1.807, 2.05) is 0 Å². The Hall–Kier alpha value is -1.02. The van der Waals surface area contributed by atoms with Crippen molar-refractivity contribution < 1.29 is 4.74 Å². The molecule has 1 aromatic carbocycles. The van der Waals surface area contributed by atoms with Crippen LogP contribution in [0.1, 0.15) is 36.8 Å². The molecule has 17 heavy (non-hydrogen) atoms. The summed E-state index contributed by atoms with van der Waals surface area (Å²) < 4.78 is 6.02. The number of rotatable bonds is 2. The average Bonchev–Trinajstić information content (AvgIpc) is 2.73. The van der Waals surface area contributed by atoms with Crippen LogP contribution in [0.25, 0.3) is 0 Å². The zero-order valence-electron chi connectivity index (χ0n) is 10.4. The molecule has 1 aromatic rings. The topological polar surface area (TPSA) is 21.3 Å². The molecule has 3 rings (SSSR count). The molecule has 2 nitrogen and oxygen atoms in total. The predicted molar refractivity (Wildman–Crippen MR) is 69.6 cm³/mol. The number of nitrogens with one attached hydrogen (secondary N) is 1. The molecule has 1 N–H and O–H groups in total. The van der Waals surface area contributed by atoms with Crippen molar-refractivity contribution in [2.45, 2.75) is 44.6 Å². The van der Waals surface area contributed by atoms with Gasteiger partial charge in [0.15, 0.2) is 0 Å². The molecule has 1 aliphatic heterocycles. The highest BCUT2D eigenvalue weighted by Crippen LogP contribution is 2.25. The molecule has 0 amide bonds. The second-order valence-corrected chi connectivity index (χ2v) is 5.22. The molecule has 0 bridgehead atoms. The number of fused-ring (bicyclic) bond motifs is 1. The minimum Gasteiger partial charge on any atom is -0.489 e. The van der Waals surface area contributed by atoms with Gasteiger partial charge in [0.25, 0.3) is 0 Å². The van der Waals surface area contributed by atoms with E-state index in [1.54, 1.807) is 5.56 Å². The van der Waals surface area contributed by atoms with Gasteiger partial charge in [-0.3, -0.25) is 0 Å². The van der Waals surface area contributed by atoms with Gasteiger partial charge >= 0.3 is 0 Å². The lowest BCUT2D eigenvalue weighted by molar-refractivity contribution is 0.223. The Kier molecular flexibility index (Phi) is 3.32. The van der Waals surface area contributed by atoms with E-state index in [9.17, 15) is 0 Å². The molecule has 1 heterocycles. The molecule has 92 valence electrons. The second-order valence-electron chi connectivity index (χ2n) is 5.22. The molecule has 0 aromatic heterocycles. The van der Waals surface area contributed by atoms with Crippen LogP contribution in [0.3, 0.4) is 0 Å². The number of aryl methyl sites for hydroxylation is 2. The Bertz CT molecular complexity index is 383. The van der Waals surface area contributed by atoms with Gasteiger partial charge in [-0.25, -0.2) is 0 Å². The van der Waals surface area contributed by atoms with Crippen LogP contribution in [-0.2, 0) is 12.8 Å². The standard InChI is InChI=1S/C15H21NO/c1-2-4-12-6-7-14(10-13(12)5-3-1)17-15-8-9-16-11-15/h6-7,10,15-16H,1-5,8-9,11H2. The fraction of sp³-hybridized carbons (Fsp3) is 0.600. The minimum absolute atomic E-state index is 0.374. The molecular weight excluding hydrogens is 210 g/mol. The Morgan fingerprint density at radius 1 is 1.06 bits per heavy atom. The molecule has 1 unspecified atom stereocenters. The highest BCUT2D eigenvalue weighted by molar-refractivity contribution is 5.36. The highest BCUT2D eigenvalue weighted by atomic mass is 16.5. The van der Waals surface area contributed by atoms with Crippen molar-refractivity contribution in [1.82, 2.24) is 5.32 Å². The quantitative estimate of drug-likeness (QED) is 0.790. The SMILES string of the molecule is c1cc2c(cc1OC1CCNC1)CCCCC2. The first-order chi connectivity index (χ1) is 8.42. The Labute approximate surface area is 103 Å². The van der Waals surface area contributed by atoms with Crippen LogP contribution in [-0.4, -0.2) is 19.2 Å². The van der Waals surface area contributed by atoms with Crippen molar-refractivity contribution in [3.05, 3.63) is 29.3 Å². The Balaban J connectivity index is 1.74. The third-order valence-electron chi connectivity index (χ3n) is 3.89. The summed E-state index contributed by atoms with van der Waals surface area (Å²) in [5.74, 6) is 1.07. The Morgan fingerprint density at radius 3 is 2.76 bits per heavy atom. The molecule has 1 aliphatic carbocycles. The van der Waals surface area contributed by atoms with Gasteiger partial charge in [-0.2, -0.15) is 0 Å². The minimum atomic E-state index is 0.374. The van der Waals surface area contributed by atoms with Gasteiger partial charge < -0.3 is 10.1 Å². The van der Waals surface area contributed by atoms with Crippen LogP contribution in [0.5, 0.6) is 5.75 Å². The van der Waals surface area contributed by atoms with Gasteiger partial charge in [-0.05, 0) is 61.9 Å². The maximum Gasteiger partial charge on any atom is 0.120 e. The smallest absolute Gasteiger partial charge is 0.120 e. The molecule has 2 heteroatoms. The summed E-state index contributed by atoms with van der Waals surface area (Å²) in [6.07, 6.45) is 8.05. The largest absolute Gasteiger partial charge is 0.489 e. The predicted octanol–water partition coefficient (Wildman–Crippen LogP) is 2.70. The summed E-state index contributed by atoms with van der Waals surface area (Å²) in [6.45, 7) is 2.09. The average molecular weight is 231 g/mol. The molecule has 2 aliphatic rings. The summed E-state index contributed by atoms with van der Waals surface area (Å²) >= 11 is 0. The Morgan fingerprint density at radius 2 is 1.94 bits per heavy atom. The monoisotopic (exact) mass is 231 g/mol. The van der Waals surface area contributed by atoms with E-state index >= 15 is 0 Å². The summed E-state index contributed by atoms with van der Waals surface area (Å²) in [5, 5.41) is 3.34. The van der Waals surface area contributed by atoms with Crippen LogP contribution in [0.2, 0.25) is 0 Å². The first-order valence-electron chi connectivity index (χ1n) is 6.91. The van der Waals surface area contributed by atoms with Crippen LogP contribution in [0.15, 0.2) is 18.2 Å². The highest BCUT2D eigenvalue weighted by Gasteiger charge is 2.16. The summed E-state index contributed by atoms with van der Waals surface area (Å²) in [4.78, 5) is 0. The number of hydrogen-bond donors (Lipinski definition) is 1. The van der Waals surface area contributed by atoms with Crippen molar-refractivity contribution in [1.29, 1.82) is 0 Å². The zero-order chi connectivity index (χ0) is 11.5. The van der Waals surface area contributed by atoms with E-state index in [4.69, 9.17) is 4.74 Å². The summed E-state index contributed by atoms with van der Waals surface area (Å²) in [5.41, 5.74) is 3.06. The first-order valence-corrected chi connectivity index (χ1v) is 6.91. The van der Waals surface area contributed by atoms with Crippen molar-refractivity contribution >= 4 is 0 Å². The molecule has 0 saturated carbocycles. The summed E-state index contributed by atoms with van der Waals surface area (Å²) in [7, 11) is 0. The lowest BCUT2D eigenvalue weighted by atomic mass is 10.0. The van der Waals surface area contributed by atoms with E-state index in [2.05, 4.69) is 23.5 Å². The molecule has 1 saturated heterocycles. The van der Waals surface area contributed by atoms with E-state index in [1.165, 1.54) is 37.7 Å². The van der Waals surface area contributed by atoms with Gasteiger partial charge in [0.1, 0.15) is 11.9 Å². The number of benzene rings is 1. The van der Waals surface area contributed by atoms with Crippen molar-refractivity contribution in [3.8, 4) is 5.75 Å². The first kappa shape index (κ1) is 11.1. The molecule has 0 spiro atoms. The number of hydrogen-bond acceptors (Lipinski definition) is 2. The lowest BCUT2D eigenvalue weighted by Crippen LogP contribution is -2.19. The van der Waals surface area contributed by atoms with E-state index < -0.39 is 0 Å². The third kappa shape index (κ3) is 2.63. The third-order valence-corrected chi connectivity index (χ3v) is 3.89. The number of ether oxygens (including phenoxy) is 1. The van der Waals surface area contributed by atoms with Crippen molar-refractivity contribution in [3.63, 3.8) is 0 Å². The normalized spacial score (nSPS) is 24.1. The van der Waals surface area contributed by atoms with Gasteiger partial charge in [0, 0.05) is 6.54 Å². The van der Waals surface area contributed by atoms with Crippen LogP contribution < -0.4 is 10.1 Å². The van der Waals surface area contributed by atoms with Crippen LogP contribution in [0, 0.1) is 0 Å². The molecule has 0 radical (unpaired) electrons. The maximum atomic E-state index is 6.02. The van der Waals surface area contributed by atoms with Crippen molar-refractivity contribution in [2.24, 2.45) is 0 Å².